The van der Waals surface area contributed by atoms with Gasteiger partial charge in [0.25, 0.3) is 0 Å². The Balaban J connectivity index is 1.93. The molecule has 0 bridgehead atoms. The monoisotopic (exact) mass is 386 g/mol. The molecule has 148 valence electrons. The number of carbonyl (C=O) groups is 2. The second-order valence-electron chi connectivity index (χ2n) is 6.23. The predicted molar refractivity (Wildman–Crippen MR) is 99.7 cm³/mol. The Bertz CT molecular complexity index is 826. The van der Waals surface area contributed by atoms with Gasteiger partial charge >= 0.3 is 11.9 Å². The van der Waals surface area contributed by atoms with E-state index in [-0.39, 0.29) is 24.0 Å². The van der Waals surface area contributed by atoms with E-state index in [0.717, 1.165) is 0 Å². The van der Waals surface area contributed by atoms with Crippen LogP contribution >= 0.6 is 0 Å². The highest BCUT2D eigenvalue weighted by molar-refractivity contribution is 5.94. The van der Waals surface area contributed by atoms with Crippen LogP contribution in [0.4, 0.5) is 0 Å². The second kappa shape index (κ2) is 9.34. The van der Waals surface area contributed by atoms with Crippen LogP contribution in [0.15, 0.2) is 42.5 Å². The minimum absolute atomic E-state index is 0.0625. The molecule has 1 heterocycles. The van der Waals surface area contributed by atoms with Gasteiger partial charge in [-0.2, -0.15) is 0 Å². The van der Waals surface area contributed by atoms with Gasteiger partial charge in [-0.25, -0.2) is 9.59 Å². The lowest BCUT2D eigenvalue weighted by Gasteiger charge is -2.17. The lowest BCUT2D eigenvalue weighted by molar-refractivity contribution is 0.0265. The van der Waals surface area contributed by atoms with Crippen molar-refractivity contribution in [3.8, 4) is 11.5 Å². The van der Waals surface area contributed by atoms with Crippen LogP contribution in [-0.4, -0.2) is 45.5 Å². The molecule has 2 aromatic rings. The van der Waals surface area contributed by atoms with Gasteiger partial charge < -0.3 is 23.7 Å². The van der Waals surface area contributed by atoms with Gasteiger partial charge in [-0.1, -0.05) is 18.2 Å². The summed E-state index contributed by atoms with van der Waals surface area (Å²) in [6, 6.07) is 11.7. The third-order valence-corrected chi connectivity index (χ3v) is 4.30. The number of ether oxygens (including phenoxy) is 5. The first-order valence-electron chi connectivity index (χ1n) is 8.88. The fraction of sp³-hybridized carbons (Fsp3) is 0.333. The molecule has 1 aliphatic rings. The third-order valence-electron chi connectivity index (χ3n) is 4.30. The van der Waals surface area contributed by atoms with Gasteiger partial charge in [-0.05, 0) is 18.2 Å². The molecule has 0 saturated carbocycles. The Labute approximate surface area is 163 Å². The number of hydrogen-bond donors (Lipinski definition) is 0. The zero-order valence-corrected chi connectivity index (χ0v) is 15.8. The van der Waals surface area contributed by atoms with E-state index in [4.69, 9.17) is 23.7 Å². The Morgan fingerprint density at radius 2 is 1.89 bits per heavy atom. The van der Waals surface area contributed by atoms with Gasteiger partial charge in [0.2, 0.25) is 0 Å². The van der Waals surface area contributed by atoms with Crippen LogP contribution in [0.25, 0.3) is 0 Å². The van der Waals surface area contributed by atoms with Crippen molar-refractivity contribution in [3.05, 3.63) is 59.2 Å². The lowest BCUT2D eigenvalue weighted by Crippen LogP contribution is -2.20. The minimum atomic E-state index is -0.547. The molecule has 7 nitrogen and oxygen atoms in total. The summed E-state index contributed by atoms with van der Waals surface area (Å²) in [5, 5.41) is 0. The first-order valence-corrected chi connectivity index (χ1v) is 8.88. The average molecular weight is 386 g/mol. The van der Waals surface area contributed by atoms with Gasteiger partial charge in [-0.3, -0.25) is 0 Å². The Morgan fingerprint density at radius 1 is 1.11 bits per heavy atom. The van der Waals surface area contributed by atoms with Crippen LogP contribution in [-0.2, 0) is 20.8 Å². The van der Waals surface area contributed by atoms with E-state index in [1.807, 2.05) is 0 Å². The van der Waals surface area contributed by atoms with E-state index in [0.29, 0.717) is 36.5 Å². The summed E-state index contributed by atoms with van der Waals surface area (Å²) in [5.74, 6) is -0.539. The van der Waals surface area contributed by atoms with Crippen molar-refractivity contribution in [2.45, 2.75) is 19.1 Å². The minimum Gasteiger partial charge on any atom is -0.497 e. The van der Waals surface area contributed by atoms with Crippen LogP contribution in [0, 0.1) is 0 Å². The summed E-state index contributed by atoms with van der Waals surface area (Å²) < 4.78 is 26.8. The van der Waals surface area contributed by atoms with E-state index in [9.17, 15) is 9.59 Å². The van der Waals surface area contributed by atoms with Crippen LogP contribution in [0.1, 0.15) is 32.7 Å². The number of rotatable bonds is 7. The topological polar surface area (TPSA) is 80.3 Å². The molecule has 7 heteroatoms. The molecule has 0 N–H and O–H groups in total. The van der Waals surface area contributed by atoms with Crippen molar-refractivity contribution in [1.29, 1.82) is 0 Å². The molecule has 0 aliphatic carbocycles. The van der Waals surface area contributed by atoms with E-state index >= 15 is 0 Å². The number of hydrogen-bond acceptors (Lipinski definition) is 7. The van der Waals surface area contributed by atoms with Gasteiger partial charge in [-0.15, -0.1) is 0 Å². The van der Waals surface area contributed by atoms with E-state index in [1.165, 1.54) is 14.2 Å². The first-order chi connectivity index (χ1) is 13.6. The highest BCUT2D eigenvalue weighted by Gasteiger charge is 2.26. The summed E-state index contributed by atoms with van der Waals surface area (Å²) in [4.78, 5) is 25.2. The zero-order chi connectivity index (χ0) is 19.9. The molecule has 28 heavy (non-hydrogen) atoms. The molecule has 1 aliphatic heterocycles. The van der Waals surface area contributed by atoms with E-state index < -0.39 is 11.9 Å². The summed E-state index contributed by atoms with van der Waals surface area (Å²) in [5.41, 5.74) is 1.03. The largest absolute Gasteiger partial charge is 0.497 e. The maximum atomic E-state index is 12.7. The van der Waals surface area contributed by atoms with Crippen LogP contribution < -0.4 is 9.47 Å². The van der Waals surface area contributed by atoms with Crippen molar-refractivity contribution in [2.75, 3.05) is 27.4 Å². The van der Waals surface area contributed by atoms with E-state index in [1.54, 1.807) is 42.5 Å². The van der Waals surface area contributed by atoms with Crippen molar-refractivity contribution >= 4 is 11.9 Å². The Hall–Kier alpha value is -2.90. The highest BCUT2D eigenvalue weighted by atomic mass is 16.6. The van der Waals surface area contributed by atoms with Gasteiger partial charge in [0.1, 0.15) is 17.6 Å². The lowest BCUT2D eigenvalue weighted by atomic mass is 10.1. The van der Waals surface area contributed by atoms with Crippen molar-refractivity contribution in [2.24, 2.45) is 0 Å². The molecule has 0 spiro atoms. The Morgan fingerprint density at radius 3 is 2.54 bits per heavy atom. The van der Waals surface area contributed by atoms with Crippen molar-refractivity contribution < 1.29 is 33.3 Å². The Kier molecular flexibility index (Phi) is 6.62. The van der Waals surface area contributed by atoms with Gasteiger partial charge in [0, 0.05) is 25.2 Å². The maximum Gasteiger partial charge on any atom is 0.343 e. The molecule has 1 fully saturated rings. The summed E-state index contributed by atoms with van der Waals surface area (Å²) in [7, 11) is 2.96. The molecular formula is C21H22O7. The summed E-state index contributed by atoms with van der Waals surface area (Å²) >= 11 is 0. The van der Waals surface area contributed by atoms with Crippen molar-refractivity contribution in [3.63, 3.8) is 0 Å². The van der Waals surface area contributed by atoms with Gasteiger partial charge in [0.15, 0.2) is 0 Å². The normalized spacial score (nSPS) is 15.9. The fourth-order valence-corrected chi connectivity index (χ4v) is 2.86. The summed E-state index contributed by atoms with van der Waals surface area (Å²) in [6.45, 7) is 0.985. The molecule has 3 rings (SSSR count). The van der Waals surface area contributed by atoms with Crippen LogP contribution in [0.3, 0.4) is 0 Å². The molecular weight excluding hydrogens is 364 g/mol. The molecule has 0 amide bonds. The number of methoxy groups -OCH3 is 2. The number of carbonyl (C=O) groups excluding carboxylic acids is 2. The zero-order valence-electron chi connectivity index (χ0n) is 15.8. The van der Waals surface area contributed by atoms with Crippen LogP contribution in [0.5, 0.6) is 11.5 Å². The standard InChI is InChI=1S/C21H22O7/c1-24-13-18-17(21(23)27-15-8-9-26-12-15)10-16(25-2)11-19(18)28-20(22)14-6-4-3-5-7-14/h3-7,10-11,15H,8-9,12-13H2,1-2H3. The predicted octanol–water partition coefficient (Wildman–Crippen LogP) is 3.01. The smallest absolute Gasteiger partial charge is 0.343 e. The molecule has 1 unspecified atom stereocenters. The number of benzene rings is 2. The van der Waals surface area contributed by atoms with E-state index in [2.05, 4.69) is 0 Å². The quantitative estimate of drug-likeness (QED) is 0.534. The SMILES string of the molecule is COCc1c(OC(=O)c2ccccc2)cc(OC)cc1C(=O)OC1CCOC1. The second-order valence-corrected chi connectivity index (χ2v) is 6.23. The van der Waals surface area contributed by atoms with Crippen molar-refractivity contribution in [1.82, 2.24) is 0 Å². The van der Waals surface area contributed by atoms with Crippen LogP contribution in [0.2, 0.25) is 0 Å². The molecule has 0 aromatic heterocycles. The highest BCUT2D eigenvalue weighted by Crippen LogP contribution is 2.31. The summed E-state index contributed by atoms with van der Waals surface area (Å²) in [6.07, 6.45) is 0.343. The average Bonchev–Trinajstić information content (AvgIpc) is 3.22. The molecule has 0 radical (unpaired) electrons. The third kappa shape index (κ3) is 4.68. The fourth-order valence-electron chi connectivity index (χ4n) is 2.86. The molecule has 2 aromatic carbocycles. The van der Waals surface area contributed by atoms with Gasteiger partial charge in [0.05, 0.1) is 38.1 Å². The maximum absolute atomic E-state index is 12.7. The molecule has 1 atom stereocenters. The number of esters is 2. The molecule has 1 saturated heterocycles. The first kappa shape index (κ1) is 19.9.